The van der Waals surface area contributed by atoms with Gasteiger partial charge in [-0.1, -0.05) is 31.5 Å². The first-order valence-electron chi connectivity index (χ1n) is 11.0. The first-order chi connectivity index (χ1) is 16.2. The highest BCUT2D eigenvalue weighted by Gasteiger charge is 2.17. The number of halogens is 1. The second kappa shape index (κ2) is 9.73. The predicted octanol–water partition coefficient (Wildman–Crippen LogP) is 5.37. The number of pyridine rings is 3. The van der Waals surface area contributed by atoms with Gasteiger partial charge in [0, 0.05) is 35.8 Å². The van der Waals surface area contributed by atoms with Crippen LogP contribution in [0.1, 0.15) is 48.2 Å². The third-order valence-electron chi connectivity index (χ3n) is 5.39. The van der Waals surface area contributed by atoms with Crippen LogP contribution in [0.5, 0.6) is 5.75 Å². The van der Waals surface area contributed by atoms with Crippen molar-refractivity contribution >= 4 is 11.6 Å². The predicted molar refractivity (Wildman–Crippen MR) is 133 cm³/mol. The van der Waals surface area contributed by atoms with Gasteiger partial charge in [0.2, 0.25) is 0 Å². The lowest BCUT2D eigenvalue weighted by atomic mass is 10.1. The molecule has 0 aliphatic heterocycles. The molecule has 4 heterocycles. The van der Waals surface area contributed by atoms with Gasteiger partial charge in [-0.2, -0.15) is 0 Å². The fourth-order valence-electron chi connectivity index (χ4n) is 3.61. The number of hydrogen-bond donors (Lipinski definition) is 0. The van der Waals surface area contributed by atoms with Crippen molar-refractivity contribution in [1.29, 1.82) is 0 Å². The molecule has 0 unspecified atom stereocenters. The minimum atomic E-state index is -0.361. The average Bonchev–Trinajstić information content (AvgIpc) is 2.82. The lowest BCUT2D eigenvalue weighted by Gasteiger charge is -2.17. The van der Waals surface area contributed by atoms with E-state index in [2.05, 4.69) is 19.9 Å². The Morgan fingerprint density at radius 3 is 2.56 bits per heavy atom. The van der Waals surface area contributed by atoms with E-state index in [1.165, 1.54) is 0 Å². The molecule has 0 aliphatic rings. The Morgan fingerprint density at radius 1 is 1.03 bits per heavy atom. The van der Waals surface area contributed by atoms with Crippen LogP contribution in [0.15, 0.2) is 53.6 Å². The van der Waals surface area contributed by atoms with Gasteiger partial charge in [-0.25, -0.2) is 9.97 Å². The van der Waals surface area contributed by atoms with Crippen molar-refractivity contribution < 1.29 is 4.74 Å². The Labute approximate surface area is 203 Å². The molecule has 174 valence electrons. The molecule has 0 radical (unpaired) electrons. The van der Waals surface area contributed by atoms with E-state index < -0.39 is 0 Å². The smallest absolute Gasteiger partial charge is 0.277 e. The molecule has 0 atom stereocenters. The number of aryl methyl sites for hydroxylation is 3. The van der Waals surface area contributed by atoms with Crippen LogP contribution in [-0.4, -0.2) is 24.5 Å². The fourth-order valence-corrected chi connectivity index (χ4v) is 3.80. The lowest BCUT2D eigenvalue weighted by molar-refractivity contribution is 0.300. The van der Waals surface area contributed by atoms with Crippen LogP contribution in [0.3, 0.4) is 0 Å². The molecule has 8 heteroatoms. The molecular weight excluding hydrogens is 450 g/mol. The van der Waals surface area contributed by atoms with E-state index in [-0.39, 0.29) is 23.1 Å². The molecule has 0 saturated heterocycles. The molecule has 0 aliphatic carbocycles. The number of aromatic nitrogens is 5. The lowest BCUT2D eigenvalue weighted by Crippen LogP contribution is -2.23. The third-order valence-corrected chi connectivity index (χ3v) is 5.74. The third kappa shape index (κ3) is 4.84. The van der Waals surface area contributed by atoms with Gasteiger partial charge in [0.05, 0.1) is 22.8 Å². The largest absolute Gasteiger partial charge is 0.485 e. The average molecular weight is 476 g/mol. The first kappa shape index (κ1) is 23.6. The van der Waals surface area contributed by atoms with Crippen molar-refractivity contribution in [2.45, 2.75) is 47.1 Å². The SMILES string of the molecule is Cc1cccc(COc2cc(C)n(-c3cc(-c4ccnc(C(C)C)n4)ncc3C)c(=O)c2Cl)n1. The van der Waals surface area contributed by atoms with Crippen LogP contribution in [0, 0.1) is 20.8 Å². The van der Waals surface area contributed by atoms with Crippen LogP contribution < -0.4 is 10.3 Å². The molecule has 0 N–H and O–H groups in total. The maximum Gasteiger partial charge on any atom is 0.277 e. The Kier molecular flexibility index (Phi) is 6.75. The molecule has 0 spiro atoms. The van der Waals surface area contributed by atoms with Gasteiger partial charge < -0.3 is 4.74 Å². The van der Waals surface area contributed by atoms with Crippen LogP contribution >= 0.6 is 11.6 Å². The van der Waals surface area contributed by atoms with Gasteiger partial charge in [0.1, 0.15) is 23.2 Å². The van der Waals surface area contributed by atoms with Crippen molar-refractivity contribution in [2.24, 2.45) is 0 Å². The minimum absolute atomic E-state index is 0.0140. The molecule has 0 fully saturated rings. The summed E-state index contributed by atoms with van der Waals surface area (Å²) in [6, 6.07) is 11.1. The Bertz CT molecular complexity index is 1410. The van der Waals surface area contributed by atoms with E-state index in [1.54, 1.807) is 23.0 Å². The monoisotopic (exact) mass is 475 g/mol. The van der Waals surface area contributed by atoms with E-state index in [9.17, 15) is 4.79 Å². The zero-order valence-electron chi connectivity index (χ0n) is 19.8. The number of nitrogens with zero attached hydrogens (tertiary/aromatic N) is 5. The number of ether oxygens (including phenoxy) is 1. The van der Waals surface area contributed by atoms with Crippen LogP contribution in [-0.2, 0) is 6.61 Å². The fraction of sp³-hybridized carbons (Fsp3) is 0.269. The molecule has 4 aromatic heterocycles. The van der Waals surface area contributed by atoms with E-state index in [1.807, 2.05) is 65.0 Å². The molecule has 0 amide bonds. The maximum atomic E-state index is 13.3. The van der Waals surface area contributed by atoms with Gasteiger partial charge in [-0.05, 0) is 50.6 Å². The van der Waals surface area contributed by atoms with Crippen LogP contribution in [0.2, 0.25) is 5.02 Å². The van der Waals surface area contributed by atoms with Crippen molar-refractivity contribution in [3.05, 3.63) is 92.6 Å². The molecule has 0 aromatic carbocycles. The molecule has 34 heavy (non-hydrogen) atoms. The van der Waals surface area contributed by atoms with E-state index in [0.29, 0.717) is 28.5 Å². The summed E-state index contributed by atoms with van der Waals surface area (Å²) >= 11 is 6.47. The van der Waals surface area contributed by atoms with Crippen LogP contribution in [0.25, 0.3) is 17.1 Å². The quantitative estimate of drug-likeness (QED) is 0.373. The summed E-state index contributed by atoms with van der Waals surface area (Å²) in [6.45, 7) is 9.95. The zero-order chi connectivity index (χ0) is 24.4. The summed E-state index contributed by atoms with van der Waals surface area (Å²) < 4.78 is 7.43. The normalized spacial score (nSPS) is 11.1. The highest BCUT2D eigenvalue weighted by molar-refractivity contribution is 6.31. The van der Waals surface area contributed by atoms with Gasteiger partial charge in [-0.15, -0.1) is 0 Å². The Balaban J connectivity index is 1.72. The van der Waals surface area contributed by atoms with E-state index >= 15 is 0 Å². The summed E-state index contributed by atoms with van der Waals surface area (Å²) in [6.07, 6.45) is 3.46. The van der Waals surface area contributed by atoms with Gasteiger partial charge in [-0.3, -0.25) is 19.3 Å². The van der Waals surface area contributed by atoms with Crippen molar-refractivity contribution in [2.75, 3.05) is 0 Å². The van der Waals surface area contributed by atoms with Gasteiger partial charge >= 0.3 is 0 Å². The standard InChI is InChI=1S/C26H26ClN5O2/c1-15(2)25-28-10-9-20(31-25)21-12-22(16(3)13-29-21)32-18(5)11-23(24(27)26(32)33)34-14-19-8-6-7-17(4)30-19/h6-13,15H,14H2,1-5H3. The molecule has 4 rings (SSSR count). The van der Waals surface area contributed by atoms with E-state index in [4.69, 9.17) is 16.3 Å². The molecule has 0 saturated carbocycles. The molecule has 7 nitrogen and oxygen atoms in total. The summed E-state index contributed by atoms with van der Waals surface area (Å²) in [5, 5.41) is 0.0140. The summed E-state index contributed by atoms with van der Waals surface area (Å²) in [5.41, 5.74) is 4.85. The van der Waals surface area contributed by atoms with Crippen LogP contribution in [0.4, 0.5) is 0 Å². The highest BCUT2D eigenvalue weighted by atomic mass is 35.5. The van der Waals surface area contributed by atoms with Crippen molar-refractivity contribution in [1.82, 2.24) is 24.5 Å². The van der Waals surface area contributed by atoms with Gasteiger partial charge in [0.25, 0.3) is 5.56 Å². The molecule has 0 bridgehead atoms. The first-order valence-corrected chi connectivity index (χ1v) is 11.4. The second-order valence-electron chi connectivity index (χ2n) is 8.47. The molecular formula is C26H26ClN5O2. The number of rotatable bonds is 6. The summed E-state index contributed by atoms with van der Waals surface area (Å²) in [5.74, 6) is 1.26. The topological polar surface area (TPSA) is 82.8 Å². The van der Waals surface area contributed by atoms with E-state index in [0.717, 1.165) is 22.8 Å². The van der Waals surface area contributed by atoms with Crippen molar-refractivity contribution in [3.63, 3.8) is 0 Å². The summed E-state index contributed by atoms with van der Waals surface area (Å²) in [4.78, 5) is 31.2. The maximum absolute atomic E-state index is 13.3. The molecule has 4 aromatic rings. The Hall–Kier alpha value is -3.58. The number of hydrogen-bond acceptors (Lipinski definition) is 6. The van der Waals surface area contributed by atoms with Gasteiger partial charge in [0.15, 0.2) is 0 Å². The second-order valence-corrected chi connectivity index (χ2v) is 8.85. The van der Waals surface area contributed by atoms with Crippen molar-refractivity contribution in [3.8, 4) is 22.8 Å². The Morgan fingerprint density at radius 2 is 1.82 bits per heavy atom. The summed E-state index contributed by atoms with van der Waals surface area (Å²) in [7, 11) is 0. The highest BCUT2D eigenvalue weighted by Crippen LogP contribution is 2.27. The minimum Gasteiger partial charge on any atom is -0.485 e. The zero-order valence-corrected chi connectivity index (χ0v) is 20.6.